The van der Waals surface area contributed by atoms with E-state index in [0.717, 1.165) is 0 Å². The maximum atomic E-state index is 10.4. The van der Waals surface area contributed by atoms with E-state index in [0.29, 0.717) is 5.69 Å². The number of carbonyl (C=O) groups is 1. The number of rotatable bonds is 1. The second-order valence-electron chi connectivity index (χ2n) is 1.56. The minimum absolute atomic E-state index is 0.191. The smallest absolute Gasteiger partial charge is 0.274 e. The summed E-state index contributed by atoms with van der Waals surface area (Å²) in [5.41, 5.74) is 0.784. The molecule has 0 aliphatic carbocycles. The monoisotopic (exact) mass is 145 g/mol. The Morgan fingerprint density at radius 2 is 2.44 bits per heavy atom. The minimum Gasteiger partial charge on any atom is -0.274 e. The minimum atomic E-state index is -0.582. The molecule has 1 aromatic rings. The number of aromatic amines is 1. The summed E-state index contributed by atoms with van der Waals surface area (Å²) in [7, 11) is 0. The third-order valence-corrected chi connectivity index (χ3v) is 1.09. The summed E-state index contributed by atoms with van der Waals surface area (Å²) in [5, 5.41) is 8.69. The van der Waals surface area contributed by atoms with Gasteiger partial charge in [0, 0.05) is 0 Å². The number of nitrogens with one attached hydrogen (secondary N) is 1. The summed E-state index contributed by atoms with van der Waals surface area (Å²) in [4.78, 5) is 10.4. The van der Waals surface area contributed by atoms with E-state index in [9.17, 15) is 4.79 Å². The van der Waals surface area contributed by atoms with E-state index in [1.54, 1.807) is 6.92 Å². The molecule has 1 N–H and O–H groups in total. The van der Waals surface area contributed by atoms with Crippen molar-refractivity contribution in [1.82, 2.24) is 15.4 Å². The van der Waals surface area contributed by atoms with E-state index in [2.05, 4.69) is 15.4 Å². The highest BCUT2D eigenvalue weighted by molar-refractivity contribution is 6.67. The lowest BCUT2D eigenvalue weighted by molar-refractivity contribution is 0.107. The van der Waals surface area contributed by atoms with Crippen LogP contribution in [-0.2, 0) is 0 Å². The largest absolute Gasteiger partial charge is 0.274 e. The lowest BCUT2D eigenvalue weighted by Gasteiger charge is -1.81. The fourth-order valence-corrected chi connectivity index (χ4v) is 0.644. The van der Waals surface area contributed by atoms with Gasteiger partial charge < -0.3 is 0 Å². The van der Waals surface area contributed by atoms with Gasteiger partial charge in [-0.05, 0) is 18.5 Å². The standard InChI is InChI=1S/C4H4ClN3O/c1-2-3(4(5)9)7-8-6-2/h1H3,(H,6,7,8). The van der Waals surface area contributed by atoms with Gasteiger partial charge in [0.05, 0.1) is 5.69 Å². The van der Waals surface area contributed by atoms with E-state index < -0.39 is 5.24 Å². The molecule has 4 nitrogen and oxygen atoms in total. The van der Waals surface area contributed by atoms with Gasteiger partial charge in [-0.15, -0.1) is 5.10 Å². The number of aryl methyl sites for hydroxylation is 1. The van der Waals surface area contributed by atoms with Gasteiger partial charge in [-0.25, -0.2) is 0 Å². The molecule has 0 bridgehead atoms. The topological polar surface area (TPSA) is 58.6 Å². The maximum absolute atomic E-state index is 10.4. The SMILES string of the molecule is Cc1[nH]nnc1C(=O)Cl. The van der Waals surface area contributed by atoms with Gasteiger partial charge >= 0.3 is 0 Å². The van der Waals surface area contributed by atoms with Crippen LogP contribution in [0.5, 0.6) is 0 Å². The quantitative estimate of drug-likeness (QED) is 0.586. The normalized spacial score (nSPS) is 9.56. The van der Waals surface area contributed by atoms with Crippen LogP contribution >= 0.6 is 11.6 Å². The highest BCUT2D eigenvalue weighted by atomic mass is 35.5. The van der Waals surface area contributed by atoms with Crippen molar-refractivity contribution in [2.75, 3.05) is 0 Å². The Kier molecular flexibility index (Phi) is 1.48. The maximum Gasteiger partial charge on any atom is 0.274 e. The second kappa shape index (κ2) is 2.14. The number of nitrogens with zero attached hydrogens (tertiary/aromatic N) is 2. The molecule has 9 heavy (non-hydrogen) atoms. The second-order valence-corrected chi connectivity index (χ2v) is 1.90. The van der Waals surface area contributed by atoms with Crippen LogP contribution in [0.3, 0.4) is 0 Å². The number of H-pyrrole nitrogens is 1. The van der Waals surface area contributed by atoms with Crippen LogP contribution in [0.25, 0.3) is 0 Å². The number of aromatic nitrogens is 3. The third-order valence-electron chi connectivity index (χ3n) is 0.909. The summed E-state index contributed by atoms with van der Waals surface area (Å²) in [6.07, 6.45) is 0. The zero-order chi connectivity index (χ0) is 6.85. The fraction of sp³-hybridized carbons (Fsp3) is 0.250. The van der Waals surface area contributed by atoms with E-state index in [-0.39, 0.29) is 5.69 Å². The van der Waals surface area contributed by atoms with Crippen LogP contribution in [0, 0.1) is 6.92 Å². The van der Waals surface area contributed by atoms with Crippen molar-refractivity contribution in [2.45, 2.75) is 6.92 Å². The summed E-state index contributed by atoms with van der Waals surface area (Å²) < 4.78 is 0. The Balaban J connectivity index is 3.08. The number of halogens is 1. The number of hydrogen-bond donors (Lipinski definition) is 1. The van der Waals surface area contributed by atoms with Gasteiger partial charge in [0.15, 0.2) is 5.69 Å². The third kappa shape index (κ3) is 1.08. The van der Waals surface area contributed by atoms with E-state index in [4.69, 9.17) is 11.6 Å². The van der Waals surface area contributed by atoms with Crippen molar-refractivity contribution < 1.29 is 4.79 Å². The molecule has 0 amide bonds. The molecule has 0 atom stereocenters. The Morgan fingerprint density at radius 3 is 2.67 bits per heavy atom. The summed E-state index contributed by atoms with van der Waals surface area (Å²) in [6, 6.07) is 0. The fourth-order valence-electron chi connectivity index (χ4n) is 0.465. The zero-order valence-corrected chi connectivity index (χ0v) is 5.44. The average Bonchev–Trinajstić information content (AvgIpc) is 2.13. The van der Waals surface area contributed by atoms with E-state index in [1.807, 2.05) is 0 Å². The molecule has 1 rings (SSSR count). The van der Waals surface area contributed by atoms with Crippen molar-refractivity contribution in [3.05, 3.63) is 11.4 Å². The first kappa shape index (κ1) is 6.22. The van der Waals surface area contributed by atoms with Gasteiger partial charge in [-0.2, -0.15) is 0 Å². The van der Waals surface area contributed by atoms with Crippen LogP contribution in [0.4, 0.5) is 0 Å². The molecule has 0 fully saturated rings. The molecule has 0 spiro atoms. The molecule has 48 valence electrons. The molecule has 5 heteroatoms. The molecule has 0 saturated heterocycles. The first-order valence-corrected chi connectivity index (χ1v) is 2.67. The molecule has 0 radical (unpaired) electrons. The number of carbonyl (C=O) groups excluding carboxylic acids is 1. The van der Waals surface area contributed by atoms with Crippen LogP contribution in [-0.4, -0.2) is 20.7 Å². The predicted octanol–water partition coefficient (Wildman–Crippen LogP) is 0.492. The molecule has 1 aromatic heterocycles. The van der Waals surface area contributed by atoms with Crippen molar-refractivity contribution in [3.8, 4) is 0 Å². The molecular formula is C4H4ClN3O. The molecule has 0 saturated carbocycles. The molecule has 0 unspecified atom stereocenters. The van der Waals surface area contributed by atoms with Gasteiger partial charge in [0.2, 0.25) is 0 Å². The number of hydrogen-bond acceptors (Lipinski definition) is 3. The summed E-state index contributed by atoms with van der Waals surface area (Å²) in [6.45, 7) is 1.68. The molecule has 0 aliphatic heterocycles. The van der Waals surface area contributed by atoms with Gasteiger partial charge in [-0.1, -0.05) is 5.21 Å². The Bertz CT molecular complexity index is 231. The van der Waals surface area contributed by atoms with Crippen LogP contribution in [0.2, 0.25) is 0 Å². The average molecular weight is 146 g/mol. The highest BCUT2D eigenvalue weighted by Gasteiger charge is 2.08. The Labute approximate surface area is 56.2 Å². The van der Waals surface area contributed by atoms with Crippen molar-refractivity contribution in [2.24, 2.45) is 0 Å². The van der Waals surface area contributed by atoms with Gasteiger partial charge in [-0.3, -0.25) is 9.89 Å². The molecule has 0 aliphatic rings. The predicted molar refractivity (Wildman–Crippen MR) is 31.3 cm³/mol. The molecular weight excluding hydrogens is 142 g/mol. The highest BCUT2D eigenvalue weighted by Crippen LogP contribution is 2.01. The van der Waals surface area contributed by atoms with Crippen LogP contribution in [0.1, 0.15) is 16.2 Å². The van der Waals surface area contributed by atoms with Crippen molar-refractivity contribution in [3.63, 3.8) is 0 Å². The zero-order valence-electron chi connectivity index (χ0n) is 4.68. The summed E-state index contributed by atoms with van der Waals surface area (Å²) in [5.74, 6) is 0. The lowest BCUT2D eigenvalue weighted by atomic mass is 10.4. The van der Waals surface area contributed by atoms with E-state index >= 15 is 0 Å². The first-order valence-electron chi connectivity index (χ1n) is 2.29. The Hall–Kier alpha value is -0.900. The lowest BCUT2D eigenvalue weighted by Crippen LogP contribution is -1.91. The van der Waals surface area contributed by atoms with E-state index in [1.165, 1.54) is 0 Å². The van der Waals surface area contributed by atoms with Crippen LogP contribution < -0.4 is 0 Å². The van der Waals surface area contributed by atoms with Gasteiger partial charge in [0.1, 0.15) is 0 Å². The van der Waals surface area contributed by atoms with Gasteiger partial charge in [0.25, 0.3) is 5.24 Å². The molecule has 1 heterocycles. The molecule has 0 aromatic carbocycles. The first-order chi connectivity index (χ1) is 4.22. The Morgan fingerprint density at radius 1 is 1.78 bits per heavy atom. The van der Waals surface area contributed by atoms with Crippen molar-refractivity contribution >= 4 is 16.8 Å². The van der Waals surface area contributed by atoms with Crippen molar-refractivity contribution in [1.29, 1.82) is 0 Å². The van der Waals surface area contributed by atoms with Crippen LogP contribution in [0.15, 0.2) is 0 Å². The summed E-state index contributed by atoms with van der Waals surface area (Å²) >= 11 is 5.09.